The Kier molecular flexibility index (Phi) is 31.4. The van der Waals surface area contributed by atoms with E-state index in [0.29, 0.717) is 0 Å². The molecule has 6 heteroatoms. The lowest BCUT2D eigenvalue weighted by molar-refractivity contribution is -0.697. The average molecular weight is 789 g/mol. The fourth-order valence-corrected chi connectivity index (χ4v) is 2.77. The van der Waals surface area contributed by atoms with E-state index in [1.807, 2.05) is 18.2 Å². The summed E-state index contributed by atoms with van der Waals surface area (Å²) in [5, 5.41) is 0. The van der Waals surface area contributed by atoms with E-state index in [1.54, 1.807) is 0 Å². The summed E-state index contributed by atoms with van der Waals surface area (Å²) in [5.41, 5.74) is 0. The molecule has 186 valence electrons. The predicted octanol–water partition coefficient (Wildman–Crippen LogP) is -3.67. The van der Waals surface area contributed by atoms with Gasteiger partial charge in [-0.05, 0) is 0 Å². The van der Waals surface area contributed by atoms with E-state index >= 15 is 0 Å². The number of nitrogens with zero attached hydrogens (tertiary/aromatic N) is 3. The van der Waals surface area contributed by atoms with Crippen molar-refractivity contribution in [2.24, 2.45) is 0 Å². The Morgan fingerprint density at radius 3 is 0.758 bits per heavy atom. The van der Waals surface area contributed by atoms with Crippen molar-refractivity contribution >= 4 is 0 Å². The molecule has 3 rings (SSSR count). The van der Waals surface area contributed by atoms with Crippen LogP contribution in [0.3, 0.4) is 0 Å². The molecule has 0 saturated carbocycles. The second-order valence-electron chi connectivity index (χ2n) is 7.40. The van der Waals surface area contributed by atoms with Crippen molar-refractivity contribution in [3.8, 4) is 0 Å². The van der Waals surface area contributed by atoms with Crippen LogP contribution >= 0.6 is 0 Å². The molecule has 0 aliphatic carbocycles. The van der Waals surface area contributed by atoms with Gasteiger partial charge in [0.15, 0.2) is 37.2 Å². The van der Waals surface area contributed by atoms with Gasteiger partial charge >= 0.3 is 0 Å². The molecule has 0 unspecified atom stereocenters. The van der Waals surface area contributed by atoms with Crippen molar-refractivity contribution in [1.82, 2.24) is 0 Å². The molecule has 0 atom stereocenters. The first-order valence-corrected chi connectivity index (χ1v) is 11.6. The van der Waals surface area contributed by atoms with Crippen LogP contribution in [0.15, 0.2) is 91.8 Å². The molecule has 0 radical (unpaired) electrons. The molecule has 0 saturated heterocycles. The maximum Gasteiger partial charge on any atom is 0.168 e. The van der Waals surface area contributed by atoms with Crippen molar-refractivity contribution in [2.45, 2.75) is 78.9 Å². The van der Waals surface area contributed by atoms with Crippen LogP contribution in [-0.2, 0) is 19.6 Å². The highest BCUT2D eigenvalue weighted by atomic mass is 127. The standard InChI is InChI=1S/3C9H14N.3HI/c3*1-2-3-7-10-8-5-4-6-9-10;;;/h3*4-6,8-9H,2-3,7H2,1H3;3*1H/q3*+1;;;/p-3. The van der Waals surface area contributed by atoms with Crippen molar-refractivity contribution in [2.75, 3.05) is 0 Å². The van der Waals surface area contributed by atoms with Crippen LogP contribution in [0.1, 0.15) is 59.3 Å². The molecule has 0 spiro atoms. The van der Waals surface area contributed by atoms with E-state index in [9.17, 15) is 0 Å². The van der Waals surface area contributed by atoms with E-state index in [1.165, 1.54) is 38.5 Å². The molecule has 3 aromatic rings. The van der Waals surface area contributed by atoms with Crippen molar-refractivity contribution in [3.63, 3.8) is 0 Å². The van der Waals surface area contributed by atoms with Crippen molar-refractivity contribution in [3.05, 3.63) is 91.8 Å². The van der Waals surface area contributed by atoms with Crippen molar-refractivity contribution < 1.29 is 85.6 Å². The van der Waals surface area contributed by atoms with E-state index in [2.05, 4.69) is 108 Å². The summed E-state index contributed by atoms with van der Waals surface area (Å²) in [5.74, 6) is 0. The first kappa shape index (κ1) is 37.2. The third-order valence-electron chi connectivity index (χ3n) is 4.64. The van der Waals surface area contributed by atoms with Crippen LogP contribution in [0.2, 0.25) is 0 Å². The molecule has 3 heterocycles. The molecular weight excluding hydrogens is 747 g/mol. The van der Waals surface area contributed by atoms with Gasteiger partial charge in [0.05, 0.1) is 0 Å². The lowest BCUT2D eigenvalue weighted by Gasteiger charge is -1.91. The fourth-order valence-electron chi connectivity index (χ4n) is 2.77. The number of unbranched alkanes of at least 4 members (excludes halogenated alkanes) is 3. The van der Waals surface area contributed by atoms with Crippen LogP contribution in [0.25, 0.3) is 0 Å². The Morgan fingerprint density at radius 1 is 0.364 bits per heavy atom. The second-order valence-corrected chi connectivity index (χ2v) is 7.40. The number of halogens is 3. The van der Waals surface area contributed by atoms with Gasteiger partial charge < -0.3 is 71.9 Å². The van der Waals surface area contributed by atoms with Crippen LogP contribution in [0.4, 0.5) is 0 Å². The maximum atomic E-state index is 2.21. The highest BCUT2D eigenvalue weighted by molar-refractivity contribution is 4.84. The molecule has 33 heavy (non-hydrogen) atoms. The summed E-state index contributed by atoms with van der Waals surface area (Å²) in [7, 11) is 0. The van der Waals surface area contributed by atoms with Gasteiger partial charge in [0.2, 0.25) is 0 Å². The quantitative estimate of drug-likeness (QED) is 0.157. The summed E-state index contributed by atoms with van der Waals surface area (Å²) in [6.07, 6.45) is 20.3. The van der Waals surface area contributed by atoms with Gasteiger partial charge in [-0.25, -0.2) is 13.7 Å². The smallest absolute Gasteiger partial charge is 0.168 e. The van der Waals surface area contributed by atoms with Crippen molar-refractivity contribution in [1.29, 1.82) is 0 Å². The number of aryl methyl sites for hydroxylation is 3. The molecule has 0 amide bonds. The summed E-state index contributed by atoms with van der Waals surface area (Å²) >= 11 is 0. The van der Waals surface area contributed by atoms with Gasteiger partial charge in [0.1, 0.15) is 19.6 Å². The number of hydrogen-bond acceptors (Lipinski definition) is 0. The Labute approximate surface area is 254 Å². The molecule has 0 fully saturated rings. The normalized spacial score (nSPS) is 8.82. The number of hydrogen-bond donors (Lipinski definition) is 0. The van der Waals surface area contributed by atoms with E-state index in [-0.39, 0.29) is 71.9 Å². The van der Waals surface area contributed by atoms with Crippen LogP contribution in [0.5, 0.6) is 0 Å². The van der Waals surface area contributed by atoms with Gasteiger partial charge in [0.25, 0.3) is 0 Å². The molecule has 3 aromatic heterocycles. The minimum atomic E-state index is 0. The van der Waals surface area contributed by atoms with E-state index in [0.717, 1.165) is 19.6 Å². The zero-order valence-corrected chi connectivity index (χ0v) is 27.0. The summed E-state index contributed by atoms with van der Waals surface area (Å²) in [6, 6.07) is 18.5. The number of pyridine rings is 3. The average Bonchev–Trinajstić information content (AvgIpc) is 2.83. The van der Waals surface area contributed by atoms with Crippen LogP contribution in [0, 0.1) is 0 Å². The Bertz CT molecular complexity index is 626. The Morgan fingerprint density at radius 2 is 0.576 bits per heavy atom. The van der Waals surface area contributed by atoms with Gasteiger partial charge in [-0.15, -0.1) is 0 Å². The maximum absolute atomic E-state index is 2.21. The fraction of sp³-hybridized carbons (Fsp3) is 0.444. The molecule has 3 nitrogen and oxygen atoms in total. The largest absolute Gasteiger partial charge is 1.00 e. The Balaban J connectivity index is -0.000000391. The van der Waals surface area contributed by atoms with Crippen LogP contribution < -0.4 is 85.6 Å². The predicted molar refractivity (Wildman–Crippen MR) is 125 cm³/mol. The summed E-state index contributed by atoms with van der Waals surface area (Å²) < 4.78 is 6.64. The third kappa shape index (κ3) is 21.9. The lowest BCUT2D eigenvalue weighted by atomic mass is 10.3. The summed E-state index contributed by atoms with van der Waals surface area (Å²) in [4.78, 5) is 0. The highest BCUT2D eigenvalue weighted by Crippen LogP contribution is 1.87. The lowest BCUT2D eigenvalue weighted by Crippen LogP contribution is -3.00. The summed E-state index contributed by atoms with van der Waals surface area (Å²) in [6.45, 7) is 10.1. The molecule has 0 aromatic carbocycles. The monoisotopic (exact) mass is 789 g/mol. The van der Waals surface area contributed by atoms with Gasteiger partial charge in [-0.3, -0.25) is 0 Å². The Hall–Kier alpha value is -0.360. The third-order valence-corrected chi connectivity index (χ3v) is 4.64. The van der Waals surface area contributed by atoms with Crippen LogP contribution in [-0.4, -0.2) is 0 Å². The molecule has 0 aliphatic heterocycles. The molecule has 0 N–H and O–H groups in total. The molecule has 0 aliphatic rings. The molecule has 0 bridgehead atoms. The van der Waals surface area contributed by atoms with Gasteiger partial charge in [-0.2, -0.15) is 0 Å². The zero-order chi connectivity index (χ0) is 21.7. The molecular formula is C27H42I3N3. The minimum absolute atomic E-state index is 0. The van der Waals surface area contributed by atoms with Gasteiger partial charge in [0, 0.05) is 55.7 Å². The highest BCUT2D eigenvalue weighted by Gasteiger charge is 1.95. The SMILES string of the molecule is CCCC[n+]1ccccc1.CCCC[n+]1ccccc1.CCCC[n+]1ccccc1.[I-].[I-].[I-]. The number of aromatic nitrogens is 3. The topological polar surface area (TPSA) is 11.6 Å². The first-order valence-electron chi connectivity index (χ1n) is 11.6. The van der Waals surface area contributed by atoms with Gasteiger partial charge in [-0.1, -0.05) is 58.2 Å². The van der Waals surface area contributed by atoms with E-state index < -0.39 is 0 Å². The second kappa shape index (κ2) is 27.9. The number of rotatable bonds is 9. The van der Waals surface area contributed by atoms with E-state index in [4.69, 9.17) is 0 Å². The minimum Gasteiger partial charge on any atom is -1.00 e. The zero-order valence-electron chi connectivity index (χ0n) is 20.5. The first-order chi connectivity index (χ1) is 14.8.